The first-order valence-corrected chi connectivity index (χ1v) is 7.09. The van der Waals surface area contributed by atoms with Gasteiger partial charge in [-0.3, -0.25) is 5.10 Å². The molecule has 0 aliphatic carbocycles. The van der Waals surface area contributed by atoms with Crippen LogP contribution in [0.15, 0.2) is 10.8 Å². The molecule has 19 heavy (non-hydrogen) atoms. The van der Waals surface area contributed by atoms with E-state index >= 15 is 0 Å². The molecule has 0 saturated carbocycles. The Morgan fingerprint density at radius 1 is 1.37 bits per heavy atom. The van der Waals surface area contributed by atoms with Crippen LogP contribution < -0.4 is 5.32 Å². The number of anilines is 1. The molecule has 7 heteroatoms. The van der Waals surface area contributed by atoms with Crippen LogP contribution in [-0.2, 0) is 0 Å². The van der Waals surface area contributed by atoms with E-state index in [1.807, 2.05) is 0 Å². The lowest BCUT2D eigenvalue weighted by molar-refractivity contribution is 0.806. The van der Waals surface area contributed by atoms with E-state index in [1.165, 1.54) is 6.33 Å². The van der Waals surface area contributed by atoms with E-state index in [-0.39, 0.29) is 0 Å². The van der Waals surface area contributed by atoms with Gasteiger partial charge in [-0.2, -0.15) is 5.10 Å². The maximum Gasteiger partial charge on any atom is 0.199 e. The summed E-state index contributed by atoms with van der Waals surface area (Å²) in [6, 6.07) is 0. The van der Waals surface area contributed by atoms with Crippen molar-refractivity contribution in [3.63, 3.8) is 0 Å². The van der Waals surface area contributed by atoms with Crippen LogP contribution >= 0.6 is 15.9 Å². The second-order valence-corrected chi connectivity index (χ2v) is 5.30. The fourth-order valence-electron chi connectivity index (χ4n) is 1.63. The highest BCUT2D eigenvalue weighted by molar-refractivity contribution is 9.10. The summed E-state index contributed by atoms with van der Waals surface area (Å²) in [6.45, 7) is 7.17. The molecule has 2 rings (SSSR count). The van der Waals surface area contributed by atoms with Gasteiger partial charge in [0.2, 0.25) is 0 Å². The first kappa shape index (κ1) is 13.9. The number of hydrogen-bond donors (Lipinski definition) is 2. The monoisotopic (exact) mass is 324 g/mol. The van der Waals surface area contributed by atoms with Crippen molar-refractivity contribution < 1.29 is 0 Å². The fraction of sp³-hybridized carbons (Fsp3) is 0.500. The van der Waals surface area contributed by atoms with Gasteiger partial charge >= 0.3 is 0 Å². The van der Waals surface area contributed by atoms with Gasteiger partial charge in [-0.05, 0) is 28.3 Å². The number of aromatic amines is 1. The number of rotatable bonds is 5. The van der Waals surface area contributed by atoms with Crippen LogP contribution in [0, 0.1) is 0 Å². The number of hydrogen-bond acceptors (Lipinski definition) is 5. The molecule has 0 fully saturated rings. The van der Waals surface area contributed by atoms with Gasteiger partial charge in [0, 0.05) is 6.54 Å². The zero-order valence-corrected chi connectivity index (χ0v) is 12.8. The van der Waals surface area contributed by atoms with Crippen molar-refractivity contribution in [2.24, 2.45) is 0 Å². The lowest BCUT2D eigenvalue weighted by atomic mass is 10.1. The predicted octanol–water partition coefficient (Wildman–Crippen LogP) is 2.97. The summed E-state index contributed by atoms with van der Waals surface area (Å²) in [5.74, 6) is 2.23. The third-order valence-corrected chi connectivity index (χ3v) is 3.37. The summed E-state index contributed by atoms with van der Waals surface area (Å²) < 4.78 is 0.916. The number of aromatic nitrogens is 5. The van der Waals surface area contributed by atoms with Crippen LogP contribution in [0.4, 0.5) is 5.82 Å². The van der Waals surface area contributed by atoms with Crippen molar-refractivity contribution in [2.75, 3.05) is 11.9 Å². The topological polar surface area (TPSA) is 79.4 Å². The average molecular weight is 325 g/mol. The Morgan fingerprint density at radius 2 is 2.16 bits per heavy atom. The SMILES string of the molecule is CCCNc1nc(-c2ncn[nH]2)nc(C(C)C)c1Br. The first-order valence-electron chi connectivity index (χ1n) is 6.30. The van der Waals surface area contributed by atoms with E-state index in [4.69, 9.17) is 0 Å². The fourth-order valence-corrected chi connectivity index (χ4v) is 2.40. The zero-order chi connectivity index (χ0) is 13.8. The maximum atomic E-state index is 4.55. The van der Waals surface area contributed by atoms with Crippen LogP contribution in [-0.4, -0.2) is 31.7 Å². The molecular weight excluding hydrogens is 308 g/mol. The molecular formula is C12H17BrN6. The van der Waals surface area contributed by atoms with Crippen LogP contribution in [0.5, 0.6) is 0 Å². The molecule has 0 aliphatic heterocycles. The van der Waals surface area contributed by atoms with Gasteiger partial charge in [0.15, 0.2) is 11.6 Å². The van der Waals surface area contributed by atoms with Gasteiger partial charge in [-0.1, -0.05) is 20.8 Å². The molecule has 2 heterocycles. The highest BCUT2D eigenvalue weighted by Gasteiger charge is 2.16. The molecule has 0 radical (unpaired) electrons. The van der Waals surface area contributed by atoms with Crippen molar-refractivity contribution in [2.45, 2.75) is 33.1 Å². The lowest BCUT2D eigenvalue weighted by Gasteiger charge is -2.13. The molecule has 0 amide bonds. The highest BCUT2D eigenvalue weighted by Crippen LogP contribution is 2.30. The van der Waals surface area contributed by atoms with E-state index in [2.05, 4.69) is 67.2 Å². The summed E-state index contributed by atoms with van der Waals surface area (Å²) in [4.78, 5) is 13.1. The van der Waals surface area contributed by atoms with Crippen molar-refractivity contribution >= 4 is 21.7 Å². The van der Waals surface area contributed by atoms with Gasteiger partial charge in [0.05, 0.1) is 10.2 Å². The Hall–Kier alpha value is -1.50. The minimum Gasteiger partial charge on any atom is -0.369 e. The summed E-state index contributed by atoms with van der Waals surface area (Å²) >= 11 is 3.58. The van der Waals surface area contributed by atoms with E-state index in [0.717, 1.165) is 29.0 Å². The smallest absolute Gasteiger partial charge is 0.199 e. The third kappa shape index (κ3) is 3.09. The molecule has 0 spiro atoms. The van der Waals surface area contributed by atoms with E-state index in [1.54, 1.807) is 0 Å². The van der Waals surface area contributed by atoms with Gasteiger partial charge in [-0.25, -0.2) is 15.0 Å². The molecule has 0 unspecified atom stereocenters. The molecule has 6 nitrogen and oxygen atoms in total. The number of H-pyrrole nitrogens is 1. The van der Waals surface area contributed by atoms with Gasteiger partial charge in [0.1, 0.15) is 12.1 Å². The van der Waals surface area contributed by atoms with Crippen LogP contribution in [0.25, 0.3) is 11.6 Å². The van der Waals surface area contributed by atoms with Gasteiger partial charge in [-0.15, -0.1) is 0 Å². The summed E-state index contributed by atoms with van der Waals surface area (Å²) in [5, 5.41) is 9.93. The molecule has 0 aromatic carbocycles. The van der Waals surface area contributed by atoms with Crippen LogP contribution in [0.2, 0.25) is 0 Å². The van der Waals surface area contributed by atoms with Crippen molar-refractivity contribution in [1.82, 2.24) is 25.1 Å². The summed E-state index contributed by atoms with van der Waals surface area (Å²) in [5.41, 5.74) is 0.958. The second kappa shape index (κ2) is 6.10. The average Bonchev–Trinajstić information content (AvgIpc) is 2.91. The Kier molecular flexibility index (Phi) is 4.47. The van der Waals surface area contributed by atoms with Gasteiger partial charge < -0.3 is 5.32 Å². The molecule has 0 saturated heterocycles. The minimum absolute atomic E-state index is 0.293. The van der Waals surface area contributed by atoms with Crippen molar-refractivity contribution in [3.8, 4) is 11.6 Å². The Bertz CT molecular complexity index is 537. The first-order chi connectivity index (χ1) is 9.13. The number of halogens is 1. The standard InChI is InChI=1S/C12H17BrN6/c1-4-5-14-10-8(13)9(7(2)3)17-12(18-10)11-15-6-16-19-11/h6-7H,4-5H2,1-3H3,(H,14,17,18)(H,15,16,19). The Morgan fingerprint density at radius 3 is 2.74 bits per heavy atom. The molecule has 2 N–H and O–H groups in total. The van der Waals surface area contributed by atoms with Crippen LogP contribution in [0.1, 0.15) is 38.8 Å². The number of nitrogens with zero attached hydrogens (tertiary/aromatic N) is 4. The molecule has 2 aromatic rings. The second-order valence-electron chi connectivity index (χ2n) is 4.51. The van der Waals surface area contributed by atoms with E-state index < -0.39 is 0 Å². The quantitative estimate of drug-likeness (QED) is 0.883. The Labute approximate surface area is 120 Å². The molecule has 102 valence electrons. The minimum atomic E-state index is 0.293. The van der Waals surface area contributed by atoms with E-state index in [9.17, 15) is 0 Å². The summed E-state index contributed by atoms with van der Waals surface area (Å²) in [6.07, 6.45) is 2.49. The zero-order valence-electron chi connectivity index (χ0n) is 11.2. The van der Waals surface area contributed by atoms with Crippen molar-refractivity contribution in [1.29, 1.82) is 0 Å². The highest BCUT2D eigenvalue weighted by atomic mass is 79.9. The van der Waals surface area contributed by atoms with Crippen molar-refractivity contribution in [3.05, 3.63) is 16.5 Å². The summed E-state index contributed by atoms with van der Waals surface area (Å²) in [7, 11) is 0. The Balaban J connectivity index is 2.47. The van der Waals surface area contributed by atoms with E-state index in [0.29, 0.717) is 17.6 Å². The van der Waals surface area contributed by atoms with Gasteiger partial charge in [0.25, 0.3) is 0 Å². The number of nitrogens with one attached hydrogen (secondary N) is 2. The molecule has 0 bridgehead atoms. The third-order valence-electron chi connectivity index (χ3n) is 2.59. The predicted molar refractivity (Wildman–Crippen MR) is 78.0 cm³/mol. The normalized spacial score (nSPS) is 11.0. The van der Waals surface area contributed by atoms with Crippen LogP contribution in [0.3, 0.4) is 0 Å². The molecule has 0 aliphatic rings. The molecule has 2 aromatic heterocycles. The maximum absolute atomic E-state index is 4.55. The largest absolute Gasteiger partial charge is 0.369 e. The molecule has 0 atom stereocenters. The lowest BCUT2D eigenvalue weighted by Crippen LogP contribution is -2.08.